The minimum Gasteiger partial charge on any atom is -0.487 e. The van der Waals surface area contributed by atoms with E-state index in [-0.39, 0.29) is 0 Å². The first-order chi connectivity index (χ1) is 10.9. The van der Waals surface area contributed by atoms with Gasteiger partial charge in [0.1, 0.15) is 12.4 Å². The lowest BCUT2D eigenvalue weighted by atomic mass is 10.2. The van der Waals surface area contributed by atoms with Crippen LogP contribution in [0.15, 0.2) is 66.2 Å². The second-order valence-corrected chi connectivity index (χ2v) is 5.93. The van der Waals surface area contributed by atoms with Gasteiger partial charge >= 0.3 is 0 Å². The highest BCUT2D eigenvalue weighted by Crippen LogP contribution is 2.19. The fourth-order valence-corrected chi connectivity index (χ4v) is 2.83. The number of pyridine rings is 1. The molecule has 2 heterocycles. The van der Waals surface area contributed by atoms with Gasteiger partial charge in [-0.25, -0.2) is 0 Å². The lowest BCUT2D eigenvalue weighted by Crippen LogP contribution is -2.13. The van der Waals surface area contributed by atoms with Crippen LogP contribution in [0.3, 0.4) is 0 Å². The quantitative estimate of drug-likeness (QED) is 0.716. The van der Waals surface area contributed by atoms with Gasteiger partial charge in [-0.05, 0) is 29.6 Å². The molecule has 0 unspecified atom stereocenters. The maximum Gasteiger partial charge on any atom is 0.130 e. The normalized spacial score (nSPS) is 10.5. The second-order valence-electron chi connectivity index (χ2n) is 4.90. The number of benzene rings is 1. The molecule has 3 nitrogen and oxygen atoms in total. The molecule has 0 amide bonds. The molecule has 0 spiro atoms. The van der Waals surface area contributed by atoms with E-state index in [0.717, 1.165) is 30.1 Å². The van der Waals surface area contributed by atoms with Crippen LogP contribution < -0.4 is 10.1 Å². The summed E-state index contributed by atoms with van der Waals surface area (Å²) in [4.78, 5) is 5.62. The second kappa shape index (κ2) is 7.73. The van der Waals surface area contributed by atoms with Gasteiger partial charge in [-0.2, -0.15) is 0 Å². The molecular formula is C18H18N2OS. The van der Waals surface area contributed by atoms with Crippen LogP contribution in [0, 0.1) is 0 Å². The van der Waals surface area contributed by atoms with Crippen molar-refractivity contribution in [1.82, 2.24) is 10.3 Å². The highest BCUT2D eigenvalue weighted by molar-refractivity contribution is 7.09. The average molecular weight is 310 g/mol. The first-order valence-electron chi connectivity index (χ1n) is 7.25. The van der Waals surface area contributed by atoms with Gasteiger partial charge in [-0.3, -0.25) is 4.98 Å². The van der Waals surface area contributed by atoms with E-state index in [1.807, 2.05) is 36.4 Å². The topological polar surface area (TPSA) is 34.1 Å². The molecule has 2 aromatic heterocycles. The Balaban J connectivity index is 1.57. The first kappa shape index (κ1) is 14.8. The van der Waals surface area contributed by atoms with E-state index >= 15 is 0 Å². The maximum absolute atomic E-state index is 5.91. The third-order valence-electron chi connectivity index (χ3n) is 3.27. The maximum atomic E-state index is 5.91. The average Bonchev–Trinajstić information content (AvgIpc) is 3.08. The summed E-state index contributed by atoms with van der Waals surface area (Å²) in [5.41, 5.74) is 2.10. The Morgan fingerprint density at radius 1 is 0.955 bits per heavy atom. The summed E-state index contributed by atoms with van der Waals surface area (Å²) >= 11 is 1.77. The molecule has 0 aliphatic rings. The summed E-state index contributed by atoms with van der Waals surface area (Å²) in [7, 11) is 0. The van der Waals surface area contributed by atoms with Crippen LogP contribution in [0.4, 0.5) is 0 Å². The van der Waals surface area contributed by atoms with Crippen LogP contribution in [0.25, 0.3) is 0 Å². The Labute approximate surface area is 134 Å². The molecule has 0 saturated carbocycles. The molecule has 3 rings (SSSR count). The summed E-state index contributed by atoms with van der Waals surface area (Å²) in [6.07, 6.45) is 1.78. The highest BCUT2D eigenvalue weighted by atomic mass is 32.1. The van der Waals surface area contributed by atoms with Crippen molar-refractivity contribution < 1.29 is 4.74 Å². The number of aromatic nitrogens is 1. The van der Waals surface area contributed by atoms with Gasteiger partial charge in [0.25, 0.3) is 0 Å². The molecule has 0 saturated heterocycles. The Hall–Kier alpha value is -2.17. The van der Waals surface area contributed by atoms with Crippen LogP contribution in [-0.2, 0) is 19.7 Å². The van der Waals surface area contributed by atoms with Gasteiger partial charge in [-0.15, -0.1) is 11.3 Å². The van der Waals surface area contributed by atoms with Crippen LogP contribution in [0.1, 0.15) is 16.1 Å². The zero-order chi connectivity index (χ0) is 15.0. The summed E-state index contributed by atoms with van der Waals surface area (Å²) in [5.74, 6) is 0.909. The lowest BCUT2D eigenvalue weighted by Gasteiger charge is -2.11. The number of nitrogens with zero attached hydrogens (tertiary/aromatic N) is 1. The van der Waals surface area contributed by atoms with Crippen molar-refractivity contribution in [2.24, 2.45) is 0 Å². The third kappa shape index (κ3) is 4.16. The zero-order valence-electron chi connectivity index (χ0n) is 12.2. The fourth-order valence-electron chi connectivity index (χ4n) is 2.16. The standard InChI is InChI=1S/C18H18N2OS/c1-2-9-18(21-14-16-7-3-4-10-20-16)15(6-1)12-19-13-17-8-5-11-22-17/h1-11,19H,12-14H2. The molecule has 0 aliphatic carbocycles. The zero-order valence-corrected chi connectivity index (χ0v) is 13.1. The predicted octanol–water partition coefficient (Wildman–Crippen LogP) is 4.01. The summed E-state index contributed by atoms with van der Waals surface area (Å²) in [6, 6.07) is 18.2. The molecule has 1 aromatic carbocycles. The van der Waals surface area contributed by atoms with Crippen LogP contribution in [0.2, 0.25) is 0 Å². The molecule has 4 heteroatoms. The van der Waals surface area contributed by atoms with Crippen molar-refractivity contribution in [2.45, 2.75) is 19.7 Å². The van der Waals surface area contributed by atoms with Crippen molar-refractivity contribution in [3.63, 3.8) is 0 Å². The van der Waals surface area contributed by atoms with Crippen molar-refractivity contribution in [3.05, 3.63) is 82.3 Å². The lowest BCUT2D eigenvalue weighted by molar-refractivity contribution is 0.297. The van der Waals surface area contributed by atoms with Gasteiger partial charge in [0.15, 0.2) is 0 Å². The van der Waals surface area contributed by atoms with E-state index in [1.165, 1.54) is 4.88 Å². The van der Waals surface area contributed by atoms with Gasteiger partial charge in [-0.1, -0.05) is 30.3 Å². The van der Waals surface area contributed by atoms with Gasteiger partial charge in [0.2, 0.25) is 0 Å². The number of hydrogen-bond acceptors (Lipinski definition) is 4. The molecule has 0 bridgehead atoms. The molecule has 3 aromatic rings. The Kier molecular flexibility index (Phi) is 5.18. The summed E-state index contributed by atoms with van der Waals surface area (Å²) in [6.45, 7) is 2.16. The molecule has 0 aliphatic heterocycles. The van der Waals surface area contributed by atoms with Crippen molar-refractivity contribution >= 4 is 11.3 Å². The van der Waals surface area contributed by atoms with E-state index in [0.29, 0.717) is 6.61 Å². The molecule has 0 radical (unpaired) electrons. The van der Waals surface area contributed by atoms with Crippen LogP contribution >= 0.6 is 11.3 Å². The smallest absolute Gasteiger partial charge is 0.130 e. The summed E-state index contributed by atoms with van der Waals surface area (Å²) < 4.78 is 5.91. The Morgan fingerprint density at radius 3 is 2.68 bits per heavy atom. The van der Waals surface area contributed by atoms with Gasteiger partial charge in [0, 0.05) is 29.7 Å². The minimum atomic E-state index is 0.489. The van der Waals surface area contributed by atoms with Crippen LogP contribution in [-0.4, -0.2) is 4.98 Å². The van der Waals surface area contributed by atoms with Crippen molar-refractivity contribution in [2.75, 3.05) is 0 Å². The molecular weight excluding hydrogens is 292 g/mol. The van der Waals surface area contributed by atoms with E-state index in [9.17, 15) is 0 Å². The third-order valence-corrected chi connectivity index (χ3v) is 4.15. The largest absolute Gasteiger partial charge is 0.487 e. The number of rotatable bonds is 7. The van der Waals surface area contributed by atoms with Crippen molar-refractivity contribution in [1.29, 1.82) is 0 Å². The monoisotopic (exact) mass is 310 g/mol. The molecule has 22 heavy (non-hydrogen) atoms. The van der Waals surface area contributed by atoms with E-state index in [1.54, 1.807) is 17.5 Å². The SMILES string of the molecule is c1ccc(COc2ccccc2CNCc2cccs2)nc1. The fraction of sp³-hybridized carbons (Fsp3) is 0.167. The Morgan fingerprint density at radius 2 is 1.86 bits per heavy atom. The van der Waals surface area contributed by atoms with E-state index in [4.69, 9.17) is 4.74 Å². The van der Waals surface area contributed by atoms with Gasteiger partial charge in [0.05, 0.1) is 5.69 Å². The number of nitrogens with one attached hydrogen (secondary N) is 1. The number of thiophene rings is 1. The number of ether oxygens (including phenoxy) is 1. The van der Waals surface area contributed by atoms with Crippen LogP contribution in [0.5, 0.6) is 5.75 Å². The highest BCUT2D eigenvalue weighted by Gasteiger charge is 2.04. The van der Waals surface area contributed by atoms with E-state index < -0.39 is 0 Å². The van der Waals surface area contributed by atoms with E-state index in [2.05, 4.69) is 33.9 Å². The molecule has 0 fully saturated rings. The number of hydrogen-bond donors (Lipinski definition) is 1. The molecule has 0 atom stereocenters. The summed E-state index contributed by atoms with van der Waals surface area (Å²) in [5, 5.41) is 5.56. The van der Waals surface area contributed by atoms with Crippen molar-refractivity contribution in [3.8, 4) is 5.75 Å². The van der Waals surface area contributed by atoms with Gasteiger partial charge < -0.3 is 10.1 Å². The first-order valence-corrected chi connectivity index (χ1v) is 8.13. The number of para-hydroxylation sites is 1. The minimum absolute atomic E-state index is 0.489. The predicted molar refractivity (Wildman–Crippen MR) is 89.9 cm³/mol. The molecule has 1 N–H and O–H groups in total. The molecule has 112 valence electrons. The Bertz CT molecular complexity index is 683.